The minimum absolute atomic E-state index is 0.0420. The van der Waals surface area contributed by atoms with Crippen molar-refractivity contribution in [2.24, 2.45) is 11.3 Å². The fourth-order valence-electron chi connectivity index (χ4n) is 2.53. The lowest BCUT2D eigenvalue weighted by Gasteiger charge is -2.34. The van der Waals surface area contributed by atoms with Gasteiger partial charge in [0.2, 0.25) is 10.0 Å². The summed E-state index contributed by atoms with van der Waals surface area (Å²) < 4.78 is 27.4. The number of hydrogen-bond acceptors (Lipinski definition) is 4. The smallest absolute Gasteiger partial charge is 0.240 e. The van der Waals surface area contributed by atoms with Crippen LogP contribution in [0, 0.1) is 5.41 Å². The molecular formula is C14H23N3O2S. The lowest BCUT2D eigenvalue weighted by molar-refractivity contribution is 0.218. The summed E-state index contributed by atoms with van der Waals surface area (Å²) in [5.41, 5.74) is 3.49. The molecule has 112 valence electrons. The van der Waals surface area contributed by atoms with E-state index in [4.69, 9.17) is 5.84 Å². The van der Waals surface area contributed by atoms with Crippen LogP contribution in [-0.4, -0.2) is 14.5 Å². The minimum atomic E-state index is -3.44. The maximum atomic E-state index is 12.3. The standard InChI is InChI=1S/C14H23N3O2S/c1-14(2)9-7-12(8-10-14)17-20(18,19)13-5-3-11(16-15)4-6-13/h3-6,12,16-17H,7-10,15H2,1-2H3. The first kappa shape index (κ1) is 15.3. The highest BCUT2D eigenvalue weighted by molar-refractivity contribution is 7.89. The van der Waals surface area contributed by atoms with Crippen molar-refractivity contribution in [2.45, 2.75) is 50.5 Å². The number of rotatable bonds is 4. The number of nitrogen functional groups attached to an aromatic ring is 1. The number of nitrogens with two attached hydrogens (primary N) is 1. The highest BCUT2D eigenvalue weighted by atomic mass is 32.2. The van der Waals surface area contributed by atoms with Crippen LogP contribution >= 0.6 is 0 Å². The van der Waals surface area contributed by atoms with E-state index in [1.165, 1.54) is 0 Å². The summed E-state index contributed by atoms with van der Waals surface area (Å²) in [6, 6.07) is 6.46. The fourth-order valence-corrected chi connectivity index (χ4v) is 3.84. The molecule has 1 aromatic carbocycles. The molecule has 0 aliphatic heterocycles. The second-order valence-corrected chi connectivity index (χ2v) is 7.94. The van der Waals surface area contributed by atoms with Gasteiger partial charge in [0.15, 0.2) is 0 Å². The SMILES string of the molecule is CC1(C)CCC(NS(=O)(=O)c2ccc(NN)cc2)CC1. The molecule has 1 aromatic rings. The molecular weight excluding hydrogens is 274 g/mol. The van der Waals surface area contributed by atoms with Crippen LogP contribution in [-0.2, 0) is 10.0 Å². The molecule has 0 amide bonds. The zero-order chi connectivity index (χ0) is 14.8. The van der Waals surface area contributed by atoms with Gasteiger partial charge >= 0.3 is 0 Å². The maximum absolute atomic E-state index is 12.3. The van der Waals surface area contributed by atoms with Gasteiger partial charge in [-0.25, -0.2) is 13.1 Å². The molecule has 5 nitrogen and oxygen atoms in total. The normalized spacial score (nSPS) is 19.8. The molecule has 0 atom stereocenters. The molecule has 1 aliphatic carbocycles. The zero-order valence-corrected chi connectivity index (χ0v) is 12.8. The highest BCUT2D eigenvalue weighted by Gasteiger charge is 2.29. The molecule has 0 heterocycles. The van der Waals surface area contributed by atoms with Crippen molar-refractivity contribution >= 4 is 15.7 Å². The van der Waals surface area contributed by atoms with E-state index in [1.807, 2.05) is 0 Å². The van der Waals surface area contributed by atoms with Crippen molar-refractivity contribution in [2.75, 3.05) is 5.43 Å². The van der Waals surface area contributed by atoms with Crippen LogP contribution in [0.2, 0.25) is 0 Å². The third-order valence-corrected chi connectivity index (χ3v) is 5.53. The minimum Gasteiger partial charge on any atom is -0.324 e. The average Bonchev–Trinajstić information content (AvgIpc) is 2.41. The Morgan fingerprint density at radius 1 is 1.15 bits per heavy atom. The van der Waals surface area contributed by atoms with Gasteiger partial charge in [-0.1, -0.05) is 13.8 Å². The number of nitrogens with one attached hydrogen (secondary N) is 2. The van der Waals surface area contributed by atoms with Crippen LogP contribution in [0.4, 0.5) is 5.69 Å². The lowest BCUT2D eigenvalue weighted by atomic mass is 9.76. The molecule has 0 saturated heterocycles. The molecule has 1 fully saturated rings. The monoisotopic (exact) mass is 297 g/mol. The van der Waals surface area contributed by atoms with Gasteiger partial charge < -0.3 is 5.43 Å². The van der Waals surface area contributed by atoms with Crippen molar-refractivity contribution in [3.63, 3.8) is 0 Å². The summed E-state index contributed by atoms with van der Waals surface area (Å²) in [6.45, 7) is 4.46. The number of anilines is 1. The Morgan fingerprint density at radius 3 is 2.20 bits per heavy atom. The van der Waals surface area contributed by atoms with E-state index in [2.05, 4.69) is 24.0 Å². The predicted molar refractivity (Wildman–Crippen MR) is 80.6 cm³/mol. The van der Waals surface area contributed by atoms with Gasteiger partial charge in [0.25, 0.3) is 0 Å². The van der Waals surface area contributed by atoms with Crippen molar-refractivity contribution in [1.29, 1.82) is 0 Å². The van der Waals surface area contributed by atoms with E-state index < -0.39 is 10.0 Å². The van der Waals surface area contributed by atoms with E-state index in [0.29, 0.717) is 11.1 Å². The third-order valence-electron chi connectivity index (χ3n) is 3.99. The molecule has 0 aromatic heterocycles. The summed E-state index contributed by atoms with van der Waals surface area (Å²) in [6.07, 6.45) is 3.90. The molecule has 1 aliphatic rings. The van der Waals surface area contributed by atoms with E-state index in [1.54, 1.807) is 24.3 Å². The average molecular weight is 297 g/mol. The molecule has 20 heavy (non-hydrogen) atoms. The summed E-state index contributed by atoms with van der Waals surface area (Å²) in [7, 11) is -3.44. The molecule has 6 heteroatoms. The topological polar surface area (TPSA) is 84.2 Å². The molecule has 0 spiro atoms. The molecule has 0 radical (unpaired) electrons. The first-order valence-corrected chi connectivity index (χ1v) is 8.40. The highest BCUT2D eigenvalue weighted by Crippen LogP contribution is 2.35. The Bertz CT molecular complexity index is 542. The van der Waals surface area contributed by atoms with E-state index in [0.717, 1.165) is 25.7 Å². The van der Waals surface area contributed by atoms with Crippen LogP contribution in [0.25, 0.3) is 0 Å². The van der Waals surface area contributed by atoms with Crippen molar-refractivity contribution < 1.29 is 8.42 Å². The first-order chi connectivity index (χ1) is 9.32. The summed E-state index contributed by atoms with van der Waals surface area (Å²) in [5.74, 6) is 5.27. The van der Waals surface area contributed by atoms with Crippen LogP contribution in [0.5, 0.6) is 0 Å². The number of sulfonamides is 1. The van der Waals surface area contributed by atoms with E-state index in [9.17, 15) is 8.42 Å². The van der Waals surface area contributed by atoms with Gasteiger partial charge in [-0.05, 0) is 55.4 Å². The van der Waals surface area contributed by atoms with Crippen LogP contribution < -0.4 is 16.0 Å². The van der Waals surface area contributed by atoms with Gasteiger partial charge in [0, 0.05) is 11.7 Å². The zero-order valence-electron chi connectivity index (χ0n) is 12.0. The molecule has 1 saturated carbocycles. The van der Waals surface area contributed by atoms with E-state index >= 15 is 0 Å². The summed E-state index contributed by atoms with van der Waals surface area (Å²) in [5, 5.41) is 0. The molecule has 4 N–H and O–H groups in total. The van der Waals surface area contributed by atoms with Crippen LogP contribution in [0.1, 0.15) is 39.5 Å². The Kier molecular flexibility index (Phi) is 4.36. The Morgan fingerprint density at radius 2 is 1.70 bits per heavy atom. The third kappa shape index (κ3) is 3.71. The largest absolute Gasteiger partial charge is 0.324 e. The Balaban J connectivity index is 2.04. The fraction of sp³-hybridized carbons (Fsp3) is 0.571. The van der Waals surface area contributed by atoms with Crippen molar-refractivity contribution in [1.82, 2.24) is 4.72 Å². The quantitative estimate of drug-likeness (QED) is 0.587. The number of hydrogen-bond donors (Lipinski definition) is 3. The van der Waals surface area contributed by atoms with Gasteiger partial charge in [0.05, 0.1) is 4.90 Å². The lowest BCUT2D eigenvalue weighted by Crippen LogP contribution is -2.39. The molecule has 0 unspecified atom stereocenters. The van der Waals surface area contributed by atoms with Crippen molar-refractivity contribution in [3.05, 3.63) is 24.3 Å². The van der Waals surface area contributed by atoms with Gasteiger partial charge in [-0.15, -0.1) is 0 Å². The van der Waals surface area contributed by atoms with Crippen LogP contribution in [0.15, 0.2) is 29.2 Å². The molecule has 2 rings (SSSR count). The van der Waals surface area contributed by atoms with Crippen LogP contribution in [0.3, 0.4) is 0 Å². The van der Waals surface area contributed by atoms with Crippen molar-refractivity contribution in [3.8, 4) is 0 Å². The van der Waals surface area contributed by atoms with Gasteiger partial charge in [0.1, 0.15) is 0 Å². The maximum Gasteiger partial charge on any atom is 0.240 e. The predicted octanol–water partition coefficient (Wildman–Crippen LogP) is 2.22. The van der Waals surface area contributed by atoms with E-state index in [-0.39, 0.29) is 10.9 Å². The second kappa shape index (κ2) is 5.71. The van der Waals surface area contributed by atoms with Gasteiger partial charge in [-0.3, -0.25) is 5.84 Å². The summed E-state index contributed by atoms with van der Waals surface area (Å²) >= 11 is 0. The number of benzene rings is 1. The summed E-state index contributed by atoms with van der Waals surface area (Å²) in [4.78, 5) is 0.279. The number of hydrazine groups is 1. The Hall–Kier alpha value is -1.11. The Labute approximate surface area is 121 Å². The molecule has 0 bridgehead atoms. The first-order valence-electron chi connectivity index (χ1n) is 6.91. The van der Waals surface area contributed by atoms with Gasteiger partial charge in [-0.2, -0.15) is 0 Å². The second-order valence-electron chi connectivity index (χ2n) is 6.23.